The van der Waals surface area contributed by atoms with Gasteiger partial charge in [-0.1, -0.05) is 6.92 Å². The molecule has 2 atom stereocenters. The van der Waals surface area contributed by atoms with Gasteiger partial charge in [-0.25, -0.2) is 0 Å². The van der Waals surface area contributed by atoms with Gasteiger partial charge in [-0.3, -0.25) is 4.79 Å². The minimum Gasteiger partial charge on any atom is -0.377 e. The zero-order valence-electron chi connectivity index (χ0n) is 11.4. The normalized spacial score (nSPS) is 32.8. The van der Waals surface area contributed by atoms with Crippen molar-refractivity contribution in [2.24, 2.45) is 0 Å². The molecule has 1 N–H and O–H groups in total. The van der Waals surface area contributed by atoms with Crippen molar-refractivity contribution in [2.45, 2.75) is 51.2 Å². The maximum atomic E-state index is 12.7. The third-order valence-corrected chi connectivity index (χ3v) is 4.00. The first-order valence-corrected chi connectivity index (χ1v) is 6.84. The van der Waals surface area contributed by atoms with E-state index in [9.17, 15) is 4.79 Å². The van der Waals surface area contributed by atoms with Gasteiger partial charge in [0, 0.05) is 19.7 Å². The third kappa shape index (κ3) is 3.16. The molecule has 2 saturated heterocycles. The topological polar surface area (TPSA) is 41.6 Å². The summed E-state index contributed by atoms with van der Waals surface area (Å²) in [5.41, 5.74) is -0.288. The van der Waals surface area contributed by atoms with Crippen molar-refractivity contribution in [1.82, 2.24) is 10.2 Å². The zero-order valence-corrected chi connectivity index (χ0v) is 12.2. The smallest absolute Gasteiger partial charge is 0.242 e. The van der Waals surface area contributed by atoms with Gasteiger partial charge in [0.15, 0.2) is 0 Å². The highest BCUT2D eigenvalue weighted by atomic mass is 35.5. The van der Waals surface area contributed by atoms with Gasteiger partial charge in [-0.15, -0.1) is 12.4 Å². The molecule has 2 aliphatic heterocycles. The Hall–Kier alpha value is -0.320. The van der Waals surface area contributed by atoms with Gasteiger partial charge in [0.1, 0.15) is 0 Å². The molecule has 0 aromatic carbocycles. The number of amides is 1. The molecule has 0 aromatic rings. The fourth-order valence-corrected chi connectivity index (χ4v) is 2.92. The SMILES string of the molecule is CCC1(C(=O)N2CCCOC(C)C2)CCCN1.Cl. The van der Waals surface area contributed by atoms with E-state index in [-0.39, 0.29) is 30.0 Å². The monoisotopic (exact) mass is 276 g/mol. The van der Waals surface area contributed by atoms with Crippen LogP contribution in [0.25, 0.3) is 0 Å². The van der Waals surface area contributed by atoms with E-state index in [4.69, 9.17) is 4.74 Å². The third-order valence-electron chi connectivity index (χ3n) is 4.00. The molecule has 106 valence electrons. The van der Waals surface area contributed by atoms with Crippen LogP contribution < -0.4 is 5.32 Å². The van der Waals surface area contributed by atoms with Crippen molar-refractivity contribution in [2.75, 3.05) is 26.2 Å². The number of carbonyl (C=O) groups is 1. The summed E-state index contributed by atoms with van der Waals surface area (Å²) in [6, 6.07) is 0. The van der Waals surface area contributed by atoms with Crippen LogP contribution in [0.15, 0.2) is 0 Å². The average molecular weight is 277 g/mol. The van der Waals surface area contributed by atoms with E-state index in [1.807, 2.05) is 11.8 Å². The van der Waals surface area contributed by atoms with Crippen molar-refractivity contribution in [3.05, 3.63) is 0 Å². The summed E-state index contributed by atoms with van der Waals surface area (Å²) in [5, 5.41) is 3.42. The predicted molar refractivity (Wildman–Crippen MR) is 74.1 cm³/mol. The molecular formula is C13H25ClN2O2. The van der Waals surface area contributed by atoms with Crippen LogP contribution in [0.5, 0.6) is 0 Å². The van der Waals surface area contributed by atoms with Crippen LogP contribution in [-0.2, 0) is 9.53 Å². The lowest BCUT2D eigenvalue weighted by Gasteiger charge is -2.34. The number of carbonyl (C=O) groups excluding carboxylic acids is 1. The Morgan fingerprint density at radius 3 is 2.89 bits per heavy atom. The van der Waals surface area contributed by atoms with E-state index in [0.29, 0.717) is 0 Å². The van der Waals surface area contributed by atoms with Gasteiger partial charge in [0.2, 0.25) is 5.91 Å². The summed E-state index contributed by atoms with van der Waals surface area (Å²) in [5.74, 6) is 0.287. The average Bonchev–Trinajstić information content (AvgIpc) is 2.72. The van der Waals surface area contributed by atoms with Crippen LogP contribution in [0.3, 0.4) is 0 Å². The van der Waals surface area contributed by atoms with Gasteiger partial charge >= 0.3 is 0 Å². The van der Waals surface area contributed by atoms with Crippen LogP contribution in [-0.4, -0.2) is 48.7 Å². The van der Waals surface area contributed by atoms with Crippen molar-refractivity contribution < 1.29 is 9.53 Å². The van der Waals surface area contributed by atoms with Crippen molar-refractivity contribution >= 4 is 18.3 Å². The number of nitrogens with zero attached hydrogens (tertiary/aromatic N) is 1. The summed E-state index contributed by atoms with van der Waals surface area (Å²) in [4.78, 5) is 14.7. The molecule has 4 nitrogen and oxygen atoms in total. The predicted octanol–water partition coefficient (Wildman–Crippen LogP) is 1.58. The lowest BCUT2D eigenvalue weighted by Crippen LogP contribution is -2.55. The Morgan fingerprint density at radius 1 is 1.50 bits per heavy atom. The second kappa shape index (κ2) is 6.73. The second-order valence-corrected chi connectivity index (χ2v) is 5.25. The van der Waals surface area contributed by atoms with Gasteiger partial charge in [0.05, 0.1) is 11.6 Å². The number of hydrogen-bond acceptors (Lipinski definition) is 3. The zero-order chi connectivity index (χ0) is 12.3. The molecule has 2 unspecified atom stereocenters. The highest BCUT2D eigenvalue weighted by Gasteiger charge is 2.42. The minimum absolute atomic E-state index is 0. The standard InChI is InChI=1S/C13H24N2O2.ClH/c1-3-13(6-4-7-14-13)12(16)15-8-5-9-17-11(2)10-15;/h11,14H,3-10H2,1-2H3;1H. The maximum Gasteiger partial charge on any atom is 0.242 e. The number of ether oxygens (including phenoxy) is 1. The van der Waals surface area contributed by atoms with Gasteiger partial charge in [-0.2, -0.15) is 0 Å². The lowest BCUT2D eigenvalue weighted by atomic mass is 9.92. The van der Waals surface area contributed by atoms with E-state index in [1.54, 1.807) is 0 Å². The molecule has 0 spiro atoms. The number of nitrogens with one attached hydrogen (secondary N) is 1. The first-order chi connectivity index (χ1) is 8.18. The second-order valence-electron chi connectivity index (χ2n) is 5.25. The molecule has 2 aliphatic rings. The number of rotatable bonds is 2. The highest BCUT2D eigenvalue weighted by molar-refractivity contribution is 5.86. The quantitative estimate of drug-likeness (QED) is 0.833. The molecule has 2 rings (SSSR count). The van der Waals surface area contributed by atoms with E-state index < -0.39 is 0 Å². The lowest BCUT2D eigenvalue weighted by molar-refractivity contribution is -0.138. The molecule has 0 aliphatic carbocycles. The molecule has 0 radical (unpaired) electrons. The van der Waals surface area contributed by atoms with E-state index >= 15 is 0 Å². The molecule has 0 bridgehead atoms. The van der Waals surface area contributed by atoms with Crippen LogP contribution in [0, 0.1) is 0 Å². The Kier molecular flexibility index (Phi) is 5.89. The Bertz CT molecular complexity index is 280. The Labute approximate surface area is 116 Å². The van der Waals surface area contributed by atoms with Crippen molar-refractivity contribution in [1.29, 1.82) is 0 Å². The van der Waals surface area contributed by atoms with Crippen LogP contribution in [0.2, 0.25) is 0 Å². The maximum absolute atomic E-state index is 12.7. The largest absolute Gasteiger partial charge is 0.377 e. The summed E-state index contributed by atoms with van der Waals surface area (Å²) in [7, 11) is 0. The molecule has 2 heterocycles. The number of halogens is 1. The summed E-state index contributed by atoms with van der Waals surface area (Å²) in [6.45, 7) is 7.48. The first kappa shape index (κ1) is 15.7. The Balaban J connectivity index is 0.00000162. The highest BCUT2D eigenvalue weighted by Crippen LogP contribution is 2.26. The van der Waals surface area contributed by atoms with Gasteiger partial charge < -0.3 is 15.0 Å². The fourth-order valence-electron chi connectivity index (χ4n) is 2.92. The van der Waals surface area contributed by atoms with E-state index in [1.165, 1.54) is 0 Å². The van der Waals surface area contributed by atoms with Crippen LogP contribution in [0.4, 0.5) is 0 Å². The van der Waals surface area contributed by atoms with Crippen LogP contribution >= 0.6 is 12.4 Å². The van der Waals surface area contributed by atoms with Crippen molar-refractivity contribution in [3.63, 3.8) is 0 Å². The molecule has 2 fully saturated rings. The Morgan fingerprint density at radius 2 is 2.28 bits per heavy atom. The first-order valence-electron chi connectivity index (χ1n) is 6.84. The molecule has 1 amide bonds. The fraction of sp³-hybridized carbons (Fsp3) is 0.923. The van der Waals surface area contributed by atoms with Crippen LogP contribution in [0.1, 0.15) is 39.5 Å². The minimum atomic E-state index is -0.288. The van der Waals surface area contributed by atoms with Gasteiger partial charge in [-0.05, 0) is 39.2 Å². The summed E-state index contributed by atoms with van der Waals surface area (Å²) in [6.07, 6.45) is 4.10. The molecule has 0 saturated carbocycles. The summed E-state index contributed by atoms with van der Waals surface area (Å²) >= 11 is 0. The molecular weight excluding hydrogens is 252 g/mol. The van der Waals surface area contributed by atoms with Crippen molar-refractivity contribution in [3.8, 4) is 0 Å². The van der Waals surface area contributed by atoms with E-state index in [2.05, 4.69) is 12.2 Å². The summed E-state index contributed by atoms with van der Waals surface area (Å²) < 4.78 is 5.60. The molecule has 18 heavy (non-hydrogen) atoms. The number of hydrogen-bond donors (Lipinski definition) is 1. The molecule has 0 aromatic heterocycles. The van der Waals surface area contributed by atoms with E-state index in [0.717, 1.165) is 51.9 Å². The molecule has 5 heteroatoms. The van der Waals surface area contributed by atoms with Gasteiger partial charge in [0.25, 0.3) is 0 Å².